The van der Waals surface area contributed by atoms with Crippen molar-refractivity contribution in [1.82, 2.24) is 0 Å². The summed E-state index contributed by atoms with van der Waals surface area (Å²) in [7, 11) is 0. The molecule has 0 spiro atoms. The molecule has 0 heterocycles. The standard InChI is InChI=1S/C38H48O2/c1-35(2,3)28-19-24(20-29(33(28)39)36(4,5)6)26-17-13-15-23-16-14-18-27(32(23)26)25-21-30(37(7,8)9)34(40)31(22-25)38(10,11)12/h13-22,39-40H,1-12H3. The minimum Gasteiger partial charge on any atom is -0.507 e. The van der Waals surface area contributed by atoms with Crippen LogP contribution in [-0.4, -0.2) is 10.2 Å². The molecule has 0 saturated heterocycles. The van der Waals surface area contributed by atoms with Crippen LogP contribution in [0.15, 0.2) is 60.7 Å². The quantitative estimate of drug-likeness (QED) is 0.267. The first kappa shape index (κ1) is 29.7. The Kier molecular flexibility index (Phi) is 7.19. The van der Waals surface area contributed by atoms with Gasteiger partial charge in [-0.2, -0.15) is 0 Å². The SMILES string of the molecule is CC(C)(C)c1cc(-c2cccc3cccc(-c4cc(C(C)(C)C)c(O)c(C(C)(C)C)c4)c23)cc(C(C)(C)C)c1O. The largest absolute Gasteiger partial charge is 0.507 e. The summed E-state index contributed by atoms with van der Waals surface area (Å²) in [4.78, 5) is 0. The van der Waals surface area contributed by atoms with E-state index in [1.807, 2.05) is 0 Å². The number of fused-ring (bicyclic) bond motifs is 1. The van der Waals surface area contributed by atoms with Crippen molar-refractivity contribution in [2.24, 2.45) is 0 Å². The summed E-state index contributed by atoms with van der Waals surface area (Å²) in [5, 5.41) is 25.1. The van der Waals surface area contributed by atoms with E-state index < -0.39 is 0 Å². The number of aromatic hydroxyl groups is 2. The maximum absolute atomic E-state index is 11.4. The van der Waals surface area contributed by atoms with Crippen LogP contribution in [0.4, 0.5) is 0 Å². The van der Waals surface area contributed by atoms with Gasteiger partial charge in [0.1, 0.15) is 11.5 Å². The van der Waals surface area contributed by atoms with E-state index in [-0.39, 0.29) is 21.7 Å². The first-order chi connectivity index (χ1) is 18.2. The molecule has 0 aliphatic rings. The van der Waals surface area contributed by atoms with Crippen molar-refractivity contribution in [2.45, 2.75) is 105 Å². The van der Waals surface area contributed by atoms with Gasteiger partial charge in [0.15, 0.2) is 0 Å². The summed E-state index contributed by atoms with van der Waals surface area (Å²) >= 11 is 0. The Morgan fingerprint density at radius 2 is 0.700 bits per heavy atom. The Labute approximate surface area is 242 Å². The van der Waals surface area contributed by atoms with Crippen LogP contribution in [0.3, 0.4) is 0 Å². The molecule has 0 amide bonds. The molecule has 4 aromatic carbocycles. The van der Waals surface area contributed by atoms with E-state index in [1.54, 1.807) is 0 Å². The number of hydrogen-bond acceptors (Lipinski definition) is 2. The first-order valence-corrected chi connectivity index (χ1v) is 14.5. The highest BCUT2D eigenvalue weighted by molar-refractivity contribution is 6.06. The number of hydrogen-bond donors (Lipinski definition) is 2. The van der Waals surface area contributed by atoms with Crippen LogP contribution >= 0.6 is 0 Å². The number of rotatable bonds is 2. The molecule has 0 unspecified atom stereocenters. The molecule has 0 aromatic heterocycles. The number of phenolic OH excluding ortho intramolecular Hbond substituents is 2. The topological polar surface area (TPSA) is 40.5 Å². The highest BCUT2D eigenvalue weighted by Crippen LogP contribution is 2.47. The van der Waals surface area contributed by atoms with E-state index in [9.17, 15) is 10.2 Å². The fourth-order valence-corrected chi connectivity index (χ4v) is 5.69. The molecule has 0 fully saturated rings. The highest BCUT2D eigenvalue weighted by Gasteiger charge is 2.29. The predicted octanol–water partition coefficient (Wildman–Crippen LogP) is 10.8. The summed E-state index contributed by atoms with van der Waals surface area (Å²) < 4.78 is 0. The van der Waals surface area contributed by atoms with Gasteiger partial charge < -0.3 is 10.2 Å². The average molecular weight is 537 g/mol. The van der Waals surface area contributed by atoms with Gasteiger partial charge >= 0.3 is 0 Å². The maximum Gasteiger partial charge on any atom is 0.123 e. The first-order valence-electron chi connectivity index (χ1n) is 14.5. The Balaban J connectivity index is 2.14. The highest BCUT2D eigenvalue weighted by atomic mass is 16.3. The summed E-state index contributed by atoms with van der Waals surface area (Å²) in [6.45, 7) is 25.9. The van der Waals surface area contributed by atoms with Crippen LogP contribution < -0.4 is 0 Å². The van der Waals surface area contributed by atoms with Crippen LogP contribution in [0.2, 0.25) is 0 Å². The van der Waals surface area contributed by atoms with Gasteiger partial charge in [0.25, 0.3) is 0 Å². The van der Waals surface area contributed by atoms with E-state index in [1.165, 1.54) is 10.8 Å². The lowest BCUT2D eigenvalue weighted by Gasteiger charge is -2.29. The number of phenols is 2. The van der Waals surface area contributed by atoms with Gasteiger partial charge in [-0.15, -0.1) is 0 Å². The zero-order valence-corrected chi connectivity index (χ0v) is 26.7. The zero-order chi connectivity index (χ0) is 30.0. The smallest absolute Gasteiger partial charge is 0.123 e. The van der Waals surface area contributed by atoms with E-state index in [0.29, 0.717) is 11.5 Å². The van der Waals surface area contributed by atoms with E-state index in [2.05, 4.69) is 144 Å². The number of benzene rings is 4. The van der Waals surface area contributed by atoms with Crippen molar-refractivity contribution in [3.8, 4) is 33.8 Å². The lowest BCUT2D eigenvalue weighted by molar-refractivity contribution is 0.422. The van der Waals surface area contributed by atoms with Crippen molar-refractivity contribution in [1.29, 1.82) is 0 Å². The van der Waals surface area contributed by atoms with Gasteiger partial charge in [0, 0.05) is 22.3 Å². The fraction of sp³-hybridized carbons (Fsp3) is 0.421. The van der Waals surface area contributed by atoms with Crippen molar-refractivity contribution in [3.63, 3.8) is 0 Å². The second-order valence-electron chi connectivity index (χ2n) is 15.5. The second-order valence-corrected chi connectivity index (χ2v) is 15.5. The van der Waals surface area contributed by atoms with E-state index in [0.717, 1.165) is 44.5 Å². The molecule has 0 saturated carbocycles. The Morgan fingerprint density at radius 3 is 0.950 bits per heavy atom. The monoisotopic (exact) mass is 536 g/mol. The molecule has 212 valence electrons. The molecule has 2 N–H and O–H groups in total. The third-order valence-corrected chi connectivity index (χ3v) is 7.98. The normalized spacial score (nSPS) is 13.2. The van der Waals surface area contributed by atoms with Crippen LogP contribution in [0.5, 0.6) is 11.5 Å². The van der Waals surface area contributed by atoms with Crippen LogP contribution in [0.1, 0.15) is 105 Å². The van der Waals surface area contributed by atoms with Crippen molar-refractivity contribution >= 4 is 10.8 Å². The molecule has 0 radical (unpaired) electrons. The van der Waals surface area contributed by atoms with Crippen molar-refractivity contribution < 1.29 is 10.2 Å². The van der Waals surface area contributed by atoms with E-state index >= 15 is 0 Å². The predicted molar refractivity (Wildman–Crippen MR) is 173 cm³/mol. The molecule has 4 aromatic rings. The summed E-state index contributed by atoms with van der Waals surface area (Å²) in [5.74, 6) is 0.791. The zero-order valence-electron chi connectivity index (χ0n) is 26.7. The molecule has 2 nitrogen and oxygen atoms in total. The Morgan fingerprint density at radius 1 is 0.425 bits per heavy atom. The van der Waals surface area contributed by atoms with Gasteiger partial charge in [-0.25, -0.2) is 0 Å². The summed E-state index contributed by atoms with van der Waals surface area (Å²) in [5.41, 5.74) is 7.48. The van der Waals surface area contributed by atoms with Crippen LogP contribution in [-0.2, 0) is 21.7 Å². The van der Waals surface area contributed by atoms with Gasteiger partial charge in [0.2, 0.25) is 0 Å². The van der Waals surface area contributed by atoms with Gasteiger partial charge in [0.05, 0.1) is 0 Å². The molecule has 0 aliphatic heterocycles. The third kappa shape index (κ3) is 5.51. The van der Waals surface area contributed by atoms with Gasteiger partial charge in [-0.05, 0) is 79.0 Å². The van der Waals surface area contributed by atoms with Gasteiger partial charge in [-0.1, -0.05) is 119 Å². The minimum atomic E-state index is -0.215. The van der Waals surface area contributed by atoms with Gasteiger partial charge in [-0.3, -0.25) is 0 Å². The molecule has 0 bridgehead atoms. The molecular weight excluding hydrogens is 488 g/mol. The summed E-state index contributed by atoms with van der Waals surface area (Å²) in [6.07, 6.45) is 0. The molecule has 4 rings (SSSR count). The van der Waals surface area contributed by atoms with Crippen molar-refractivity contribution in [3.05, 3.63) is 82.9 Å². The average Bonchev–Trinajstić information content (AvgIpc) is 2.80. The van der Waals surface area contributed by atoms with Crippen LogP contribution in [0, 0.1) is 0 Å². The molecular formula is C38H48O2. The minimum absolute atomic E-state index is 0.215. The fourth-order valence-electron chi connectivity index (χ4n) is 5.69. The lowest BCUT2D eigenvalue weighted by Crippen LogP contribution is -2.17. The molecule has 2 heteroatoms. The molecule has 0 aliphatic carbocycles. The van der Waals surface area contributed by atoms with E-state index in [4.69, 9.17) is 0 Å². The third-order valence-electron chi connectivity index (χ3n) is 7.98. The van der Waals surface area contributed by atoms with Crippen molar-refractivity contribution in [2.75, 3.05) is 0 Å². The van der Waals surface area contributed by atoms with Crippen LogP contribution in [0.25, 0.3) is 33.0 Å². The molecule has 0 atom stereocenters. The lowest BCUT2D eigenvalue weighted by atomic mass is 9.76. The Hall–Kier alpha value is -3.26. The summed E-state index contributed by atoms with van der Waals surface area (Å²) in [6, 6.07) is 21.7. The maximum atomic E-state index is 11.4. The Bertz CT molecular complexity index is 1390. The second kappa shape index (κ2) is 9.68. The molecule has 40 heavy (non-hydrogen) atoms.